The van der Waals surface area contributed by atoms with Gasteiger partial charge in [-0.25, -0.2) is 0 Å². The third-order valence-electron chi connectivity index (χ3n) is 5.03. The molecule has 0 radical (unpaired) electrons. The maximum Gasteiger partial charge on any atom is 0.416 e. The quantitative estimate of drug-likeness (QED) is 0.314. The SMILES string of the molecule is O=c1cc(COC2CCCCO2)occ1OCCSc1ccnc2cc(C(F)(F)F)ccc12. The summed E-state index contributed by atoms with van der Waals surface area (Å²) in [5, 5.41) is 0.626. The molecule has 0 bridgehead atoms. The fourth-order valence-corrected chi connectivity index (χ4v) is 4.24. The number of benzene rings is 1. The van der Waals surface area contributed by atoms with E-state index in [1.807, 2.05) is 0 Å². The number of hydrogen-bond donors (Lipinski definition) is 0. The van der Waals surface area contributed by atoms with Crippen molar-refractivity contribution in [3.63, 3.8) is 0 Å². The zero-order valence-electron chi connectivity index (χ0n) is 17.6. The van der Waals surface area contributed by atoms with Crippen LogP contribution in [0.1, 0.15) is 30.6 Å². The van der Waals surface area contributed by atoms with Gasteiger partial charge in [-0.3, -0.25) is 9.78 Å². The first-order valence-corrected chi connectivity index (χ1v) is 11.5. The Hall–Kier alpha value is -2.56. The monoisotopic (exact) mass is 481 g/mol. The van der Waals surface area contributed by atoms with E-state index in [2.05, 4.69) is 4.98 Å². The molecule has 0 saturated carbocycles. The van der Waals surface area contributed by atoms with Gasteiger partial charge in [0.15, 0.2) is 6.29 Å². The summed E-state index contributed by atoms with van der Waals surface area (Å²) in [6.45, 7) is 1.02. The van der Waals surface area contributed by atoms with Gasteiger partial charge in [0.25, 0.3) is 0 Å². The maximum absolute atomic E-state index is 12.9. The van der Waals surface area contributed by atoms with Gasteiger partial charge in [0.2, 0.25) is 11.2 Å². The van der Waals surface area contributed by atoms with Crippen molar-refractivity contribution in [2.24, 2.45) is 0 Å². The van der Waals surface area contributed by atoms with Crippen LogP contribution in [0.2, 0.25) is 0 Å². The average Bonchev–Trinajstić information content (AvgIpc) is 2.81. The normalized spacial score (nSPS) is 16.8. The molecule has 0 aliphatic carbocycles. The van der Waals surface area contributed by atoms with Crippen molar-refractivity contribution in [1.82, 2.24) is 4.98 Å². The second-order valence-corrected chi connectivity index (χ2v) is 8.55. The summed E-state index contributed by atoms with van der Waals surface area (Å²) in [6, 6.07) is 6.57. The summed E-state index contributed by atoms with van der Waals surface area (Å²) in [5.41, 5.74) is -0.781. The lowest BCUT2D eigenvalue weighted by Crippen LogP contribution is -2.22. The van der Waals surface area contributed by atoms with Crippen LogP contribution in [0.15, 0.2) is 56.9 Å². The van der Waals surface area contributed by atoms with E-state index in [9.17, 15) is 18.0 Å². The average molecular weight is 481 g/mol. The van der Waals surface area contributed by atoms with E-state index in [4.69, 9.17) is 18.6 Å². The molecule has 2 aromatic heterocycles. The lowest BCUT2D eigenvalue weighted by atomic mass is 10.1. The summed E-state index contributed by atoms with van der Waals surface area (Å²) in [4.78, 5) is 17.1. The molecule has 1 aliphatic heterocycles. The summed E-state index contributed by atoms with van der Waals surface area (Å²) < 4.78 is 60.8. The fourth-order valence-electron chi connectivity index (χ4n) is 3.36. The second kappa shape index (κ2) is 10.6. The topological polar surface area (TPSA) is 70.8 Å². The molecule has 6 nitrogen and oxygen atoms in total. The lowest BCUT2D eigenvalue weighted by Gasteiger charge is -2.22. The third-order valence-corrected chi connectivity index (χ3v) is 6.07. The lowest BCUT2D eigenvalue weighted by molar-refractivity contribution is -0.171. The predicted molar refractivity (Wildman–Crippen MR) is 116 cm³/mol. The number of rotatable bonds is 8. The van der Waals surface area contributed by atoms with Crippen LogP contribution in [0, 0.1) is 0 Å². The number of nitrogens with zero attached hydrogens (tertiary/aromatic N) is 1. The van der Waals surface area contributed by atoms with Gasteiger partial charge in [0.1, 0.15) is 18.6 Å². The highest BCUT2D eigenvalue weighted by Gasteiger charge is 2.30. The number of thioether (sulfide) groups is 1. The molecule has 1 saturated heterocycles. The van der Waals surface area contributed by atoms with E-state index in [1.165, 1.54) is 36.4 Å². The van der Waals surface area contributed by atoms with Gasteiger partial charge in [-0.05, 0) is 37.5 Å². The molecule has 3 aromatic rings. The summed E-state index contributed by atoms with van der Waals surface area (Å²) in [7, 11) is 0. The Balaban J connectivity index is 1.30. The minimum Gasteiger partial charge on any atom is -0.486 e. The number of ether oxygens (including phenoxy) is 3. The Morgan fingerprint density at radius 2 is 2.06 bits per heavy atom. The molecule has 33 heavy (non-hydrogen) atoms. The van der Waals surface area contributed by atoms with Crippen molar-refractivity contribution < 1.29 is 31.8 Å². The van der Waals surface area contributed by atoms with Gasteiger partial charge in [-0.15, -0.1) is 11.8 Å². The van der Waals surface area contributed by atoms with Gasteiger partial charge in [-0.1, -0.05) is 6.07 Å². The maximum atomic E-state index is 12.9. The molecular formula is C23H22F3NO5S. The van der Waals surface area contributed by atoms with Crippen molar-refractivity contribution in [2.45, 2.75) is 43.2 Å². The largest absolute Gasteiger partial charge is 0.486 e. The molecule has 1 fully saturated rings. The van der Waals surface area contributed by atoms with Crippen LogP contribution < -0.4 is 10.2 Å². The Bertz CT molecular complexity index is 1140. The van der Waals surface area contributed by atoms with Crippen molar-refractivity contribution in [3.05, 3.63) is 64.3 Å². The molecule has 0 spiro atoms. The molecule has 1 atom stereocenters. The first-order valence-electron chi connectivity index (χ1n) is 10.5. The molecular weight excluding hydrogens is 459 g/mol. The number of aromatic nitrogens is 1. The standard InChI is InChI=1S/C23H22F3NO5S/c24-23(25,26)15-4-5-17-18(11-15)27-7-6-21(17)33-10-9-29-20-14-31-16(12-19(20)28)13-32-22-3-1-2-8-30-22/h4-7,11-12,14,22H,1-3,8-10,13H2. The minimum atomic E-state index is -4.42. The molecule has 0 amide bonds. The van der Waals surface area contributed by atoms with Crippen LogP contribution in [0.5, 0.6) is 5.75 Å². The van der Waals surface area contributed by atoms with E-state index < -0.39 is 11.7 Å². The summed E-state index contributed by atoms with van der Waals surface area (Å²) >= 11 is 1.40. The van der Waals surface area contributed by atoms with Gasteiger partial charge >= 0.3 is 6.18 Å². The van der Waals surface area contributed by atoms with Crippen molar-refractivity contribution in [1.29, 1.82) is 0 Å². The first-order chi connectivity index (χ1) is 15.9. The van der Waals surface area contributed by atoms with Crippen molar-refractivity contribution in [2.75, 3.05) is 19.0 Å². The van der Waals surface area contributed by atoms with E-state index >= 15 is 0 Å². The number of halogens is 3. The molecule has 4 rings (SSSR count). The highest BCUT2D eigenvalue weighted by molar-refractivity contribution is 7.99. The molecule has 176 valence electrons. The van der Waals surface area contributed by atoms with E-state index in [-0.39, 0.29) is 36.2 Å². The zero-order valence-corrected chi connectivity index (χ0v) is 18.4. The smallest absolute Gasteiger partial charge is 0.416 e. The highest BCUT2D eigenvalue weighted by Crippen LogP contribution is 2.33. The van der Waals surface area contributed by atoms with Crippen LogP contribution in [-0.2, 0) is 22.3 Å². The Morgan fingerprint density at radius 3 is 2.82 bits per heavy atom. The van der Waals surface area contributed by atoms with Crippen molar-refractivity contribution >= 4 is 22.7 Å². The molecule has 0 N–H and O–H groups in total. The van der Waals surface area contributed by atoms with Crippen LogP contribution >= 0.6 is 11.8 Å². The summed E-state index contributed by atoms with van der Waals surface area (Å²) in [5.74, 6) is 0.948. The van der Waals surface area contributed by atoms with Gasteiger partial charge in [0, 0.05) is 34.9 Å². The fraction of sp³-hybridized carbons (Fsp3) is 0.391. The van der Waals surface area contributed by atoms with Crippen molar-refractivity contribution in [3.8, 4) is 5.75 Å². The number of fused-ring (bicyclic) bond motifs is 1. The predicted octanol–water partition coefficient (Wildman–Crippen LogP) is 5.42. The van der Waals surface area contributed by atoms with E-state index in [1.54, 1.807) is 6.07 Å². The minimum absolute atomic E-state index is 0.0858. The van der Waals surface area contributed by atoms with Crippen LogP contribution in [0.25, 0.3) is 10.9 Å². The Kier molecular flexibility index (Phi) is 7.56. The molecule has 1 unspecified atom stereocenters. The molecule has 3 heterocycles. The molecule has 1 aliphatic rings. The molecule has 10 heteroatoms. The number of hydrogen-bond acceptors (Lipinski definition) is 7. The first kappa shape index (κ1) is 23.6. The zero-order chi connectivity index (χ0) is 23.3. The Morgan fingerprint density at radius 1 is 1.18 bits per heavy atom. The van der Waals surface area contributed by atoms with Gasteiger partial charge in [-0.2, -0.15) is 13.2 Å². The van der Waals surface area contributed by atoms with Crippen LogP contribution in [0.3, 0.4) is 0 Å². The van der Waals surface area contributed by atoms with E-state index in [0.717, 1.165) is 36.3 Å². The number of pyridine rings is 1. The Labute approximate surface area is 192 Å². The highest BCUT2D eigenvalue weighted by atomic mass is 32.2. The number of alkyl halides is 3. The third kappa shape index (κ3) is 6.27. The van der Waals surface area contributed by atoms with Gasteiger partial charge in [0.05, 0.1) is 17.7 Å². The van der Waals surface area contributed by atoms with Gasteiger partial charge < -0.3 is 18.6 Å². The van der Waals surface area contributed by atoms with E-state index in [0.29, 0.717) is 23.5 Å². The molecule has 1 aromatic carbocycles. The second-order valence-electron chi connectivity index (χ2n) is 7.42. The summed E-state index contributed by atoms with van der Waals surface area (Å²) in [6.07, 6.45) is 0.923. The van der Waals surface area contributed by atoms with Crippen LogP contribution in [0.4, 0.5) is 13.2 Å². The van der Waals surface area contributed by atoms with Crippen LogP contribution in [-0.4, -0.2) is 30.2 Å².